The Hall–Kier alpha value is -3.22. The molecule has 6 heteroatoms. The molecule has 5 rings (SSSR count). The monoisotopic (exact) mass is 500 g/mol. The molecule has 3 aromatic carbocycles. The molecule has 0 saturated carbocycles. The lowest BCUT2D eigenvalue weighted by molar-refractivity contribution is 0.212. The molecule has 0 amide bonds. The van der Waals surface area contributed by atoms with Crippen LogP contribution in [-0.2, 0) is 0 Å². The van der Waals surface area contributed by atoms with Gasteiger partial charge in [0.2, 0.25) is 0 Å². The smallest absolute Gasteiger partial charge is 0.287 e. The maximum absolute atomic E-state index is 13.0. The zero-order valence-electron chi connectivity index (χ0n) is 18.2. The molecular weight excluding hydrogens is 476 g/mol. The number of hydrogen-bond donors (Lipinski definition) is 0. The highest BCUT2D eigenvalue weighted by molar-refractivity contribution is 9.10. The Morgan fingerprint density at radius 3 is 1.79 bits per heavy atom. The fourth-order valence-electron chi connectivity index (χ4n) is 4.50. The minimum Gasteiger partial charge on any atom is -0.367 e. The van der Waals surface area contributed by atoms with Gasteiger partial charge in [0, 0.05) is 26.2 Å². The van der Waals surface area contributed by atoms with Crippen LogP contribution < -0.4 is 10.5 Å². The number of para-hydroxylation sites is 1. The summed E-state index contributed by atoms with van der Waals surface area (Å²) < 4.78 is 1.99. The summed E-state index contributed by atoms with van der Waals surface area (Å²) in [4.78, 5) is 17.8. The highest BCUT2D eigenvalue weighted by Gasteiger charge is 2.27. The van der Waals surface area contributed by atoms with Gasteiger partial charge in [0.25, 0.3) is 5.56 Å². The molecule has 1 aliphatic heterocycles. The molecule has 5 nitrogen and oxygen atoms in total. The molecule has 4 aromatic rings. The van der Waals surface area contributed by atoms with E-state index < -0.39 is 0 Å². The largest absolute Gasteiger partial charge is 0.367 e. The molecule has 0 aliphatic carbocycles. The molecule has 0 bridgehead atoms. The van der Waals surface area contributed by atoms with Gasteiger partial charge in [0.05, 0.1) is 23.6 Å². The van der Waals surface area contributed by atoms with Crippen LogP contribution in [0.1, 0.15) is 17.2 Å². The summed E-state index contributed by atoms with van der Waals surface area (Å²) in [6, 6.07) is 31.0. The van der Waals surface area contributed by atoms with E-state index in [4.69, 9.17) is 0 Å². The van der Waals surface area contributed by atoms with Crippen LogP contribution in [0.3, 0.4) is 0 Å². The third kappa shape index (κ3) is 4.49. The normalized spacial score (nSPS) is 14.5. The van der Waals surface area contributed by atoms with E-state index in [9.17, 15) is 4.79 Å². The second-order valence-electron chi connectivity index (χ2n) is 8.14. The minimum atomic E-state index is -0.146. The summed E-state index contributed by atoms with van der Waals surface area (Å²) >= 11 is 3.55. The van der Waals surface area contributed by atoms with Crippen molar-refractivity contribution in [2.24, 2.45) is 0 Å². The van der Waals surface area contributed by atoms with E-state index in [1.54, 1.807) is 6.20 Å². The lowest BCUT2D eigenvalue weighted by Gasteiger charge is -2.40. The first-order valence-corrected chi connectivity index (χ1v) is 11.9. The predicted molar refractivity (Wildman–Crippen MR) is 136 cm³/mol. The summed E-state index contributed by atoms with van der Waals surface area (Å²) in [6.45, 7) is 3.43. The van der Waals surface area contributed by atoms with Gasteiger partial charge in [0.1, 0.15) is 4.47 Å². The predicted octanol–water partition coefficient (Wildman–Crippen LogP) is 4.91. The molecule has 166 valence electrons. The standard InChI is InChI=1S/C27H25BrN4O/c28-25-24(20-29-32(27(25)33)23-14-8-3-9-15-23)30-16-18-31(19-17-30)26(21-10-4-1-5-11-21)22-12-6-2-7-13-22/h1-15,20,26H,16-19H2. The molecule has 1 aromatic heterocycles. The fraction of sp³-hybridized carbons (Fsp3) is 0.185. The Labute approximate surface area is 202 Å². The van der Waals surface area contributed by atoms with Crippen molar-refractivity contribution in [3.05, 3.63) is 123 Å². The van der Waals surface area contributed by atoms with Gasteiger partial charge in [0.15, 0.2) is 0 Å². The van der Waals surface area contributed by atoms with Gasteiger partial charge in [-0.3, -0.25) is 9.69 Å². The van der Waals surface area contributed by atoms with Gasteiger partial charge in [-0.25, -0.2) is 0 Å². The molecule has 1 aliphatic rings. The Bertz CT molecular complexity index is 1210. The van der Waals surface area contributed by atoms with Crippen LogP contribution in [0.2, 0.25) is 0 Å². The van der Waals surface area contributed by atoms with Crippen molar-refractivity contribution in [2.75, 3.05) is 31.1 Å². The highest BCUT2D eigenvalue weighted by atomic mass is 79.9. The second kappa shape index (κ2) is 9.73. The molecule has 1 fully saturated rings. The van der Waals surface area contributed by atoms with Crippen molar-refractivity contribution in [2.45, 2.75) is 6.04 Å². The molecule has 0 unspecified atom stereocenters. The Kier molecular flexibility index (Phi) is 6.37. The van der Waals surface area contributed by atoms with Crippen molar-refractivity contribution in [3.8, 4) is 5.69 Å². The third-order valence-corrected chi connectivity index (χ3v) is 6.90. The quantitative estimate of drug-likeness (QED) is 0.390. The van der Waals surface area contributed by atoms with Gasteiger partial charge in [-0.05, 0) is 39.2 Å². The third-order valence-electron chi connectivity index (χ3n) is 6.15. The first-order valence-electron chi connectivity index (χ1n) is 11.1. The van der Waals surface area contributed by atoms with Crippen molar-refractivity contribution < 1.29 is 0 Å². The number of nitrogens with zero attached hydrogens (tertiary/aromatic N) is 4. The van der Waals surface area contributed by atoms with Crippen molar-refractivity contribution >= 4 is 21.6 Å². The minimum absolute atomic E-state index is 0.146. The summed E-state index contributed by atoms with van der Waals surface area (Å²) in [5, 5.41) is 4.45. The van der Waals surface area contributed by atoms with Gasteiger partial charge in [-0.2, -0.15) is 9.78 Å². The number of rotatable bonds is 5. The Balaban J connectivity index is 1.37. The summed E-state index contributed by atoms with van der Waals surface area (Å²) in [5.74, 6) is 0. The second-order valence-corrected chi connectivity index (χ2v) is 8.94. The Morgan fingerprint density at radius 1 is 0.727 bits per heavy atom. The molecule has 33 heavy (non-hydrogen) atoms. The van der Waals surface area contributed by atoms with Crippen molar-refractivity contribution in [1.29, 1.82) is 0 Å². The van der Waals surface area contributed by atoms with E-state index >= 15 is 0 Å². The lowest BCUT2D eigenvalue weighted by Crippen LogP contribution is -2.48. The first-order chi connectivity index (χ1) is 16.2. The number of anilines is 1. The topological polar surface area (TPSA) is 41.4 Å². The lowest BCUT2D eigenvalue weighted by atomic mass is 9.96. The van der Waals surface area contributed by atoms with Crippen LogP contribution >= 0.6 is 15.9 Å². The molecule has 0 radical (unpaired) electrons. The van der Waals surface area contributed by atoms with Crippen LogP contribution in [0, 0.1) is 0 Å². The number of aromatic nitrogens is 2. The van der Waals surface area contributed by atoms with Crippen LogP contribution in [0.5, 0.6) is 0 Å². The van der Waals surface area contributed by atoms with E-state index in [2.05, 4.69) is 91.5 Å². The molecule has 1 saturated heterocycles. The van der Waals surface area contributed by atoms with E-state index in [0.717, 1.165) is 37.6 Å². The summed E-state index contributed by atoms with van der Waals surface area (Å²) in [5.41, 5.74) is 4.06. The number of benzene rings is 3. The SMILES string of the molecule is O=c1c(Br)c(N2CCN(C(c3ccccc3)c3ccccc3)CC2)cnn1-c1ccccc1. The maximum atomic E-state index is 13.0. The highest BCUT2D eigenvalue weighted by Crippen LogP contribution is 2.31. The maximum Gasteiger partial charge on any atom is 0.287 e. The van der Waals surface area contributed by atoms with E-state index in [1.807, 2.05) is 30.3 Å². The van der Waals surface area contributed by atoms with Crippen LogP contribution in [0.15, 0.2) is 106 Å². The number of hydrogen-bond acceptors (Lipinski definition) is 4. The van der Waals surface area contributed by atoms with Crippen LogP contribution in [0.4, 0.5) is 5.69 Å². The van der Waals surface area contributed by atoms with E-state index in [1.165, 1.54) is 15.8 Å². The molecule has 0 N–H and O–H groups in total. The zero-order valence-corrected chi connectivity index (χ0v) is 19.8. The summed E-state index contributed by atoms with van der Waals surface area (Å²) in [6.07, 6.45) is 1.79. The number of piperazine rings is 1. The molecular formula is C27H25BrN4O. The van der Waals surface area contributed by atoms with Crippen LogP contribution in [-0.4, -0.2) is 40.9 Å². The average molecular weight is 501 g/mol. The van der Waals surface area contributed by atoms with Gasteiger partial charge in [-0.15, -0.1) is 0 Å². The summed E-state index contributed by atoms with van der Waals surface area (Å²) in [7, 11) is 0. The van der Waals surface area contributed by atoms with E-state index in [0.29, 0.717) is 4.47 Å². The first kappa shape index (κ1) is 21.6. The molecule has 2 heterocycles. The van der Waals surface area contributed by atoms with Crippen molar-refractivity contribution in [1.82, 2.24) is 14.7 Å². The van der Waals surface area contributed by atoms with Crippen molar-refractivity contribution in [3.63, 3.8) is 0 Å². The molecule has 0 atom stereocenters. The average Bonchev–Trinajstić information content (AvgIpc) is 2.88. The van der Waals surface area contributed by atoms with Gasteiger partial charge >= 0.3 is 0 Å². The fourth-order valence-corrected chi connectivity index (χ4v) is 5.02. The Morgan fingerprint density at radius 2 is 1.24 bits per heavy atom. The zero-order chi connectivity index (χ0) is 22.6. The molecule has 0 spiro atoms. The van der Waals surface area contributed by atoms with Gasteiger partial charge < -0.3 is 4.90 Å². The van der Waals surface area contributed by atoms with Crippen LogP contribution in [0.25, 0.3) is 5.69 Å². The van der Waals surface area contributed by atoms with Gasteiger partial charge in [-0.1, -0.05) is 78.9 Å². The van der Waals surface area contributed by atoms with E-state index in [-0.39, 0.29) is 11.6 Å². The number of halogens is 1.